The van der Waals surface area contributed by atoms with Crippen LogP contribution in [0, 0.1) is 0 Å². The predicted molar refractivity (Wildman–Crippen MR) is 71.0 cm³/mol. The lowest BCUT2D eigenvalue weighted by molar-refractivity contribution is 0.532. The van der Waals surface area contributed by atoms with E-state index in [0.29, 0.717) is 12.0 Å². The van der Waals surface area contributed by atoms with E-state index in [9.17, 15) is 0 Å². The highest BCUT2D eigenvalue weighted by molar-refractivity contribution is 7.10. The Labute approximate surface area is 102 Å². The van der Waals surface area contributed by atoms with E-state index in [0.717, 1.165) is 0 Å². The van der Waals surface area contributed by atoms with Gasteiger partial charge in [-0.15, -0.1) is 11.3 Å². The quantitative estimate of drug-likeness (QED) is 0.758. The SMILES string of the molecule is CC(C)c1cccs1.CC(C)n1cccn1. The standard InChI is InChI=1S/C7H10S.C6H10N2/c1-6(2)7-4-3-5-8-7;1-6(2)8-5-3-4-7-8/h2*3-6H,1-2H3. The van der Waals surface area contributed by atoms with Gasteiger partial charge >= 0.3 is 0 Å². The Balaban J connectivity index is 0.000000160. The zero-order valence-electron chi connectivity index (χ0n) is 10.4. The molecule has 0 radical (unpaired) electrons. The number of thiophene rings is 1. The Hall–Kier alpha value is -1.09. The maximum Gasteiger partial charge on any atom is 0.0489 e. The molecule has 0 aliphatic rings. The molecule has 2 aromatic heterocycles. The lowest BCUT2D eigenvalue weighted by atomic mass is 10.2. The molecule has 0 unspecified atom stereocenters. The normalized spacial score (nSPS) is 10.4. The van der Waals surface area contributed by atoms with E-state index in [1.54, 1.807) is 6.20 Å². The number of aromatic nitrogens is 2. The molecule has 2 heterocycles. The second kappa shape index (κ2) is 6.48. The van der Waals surface area contributed by atoms with Crippen molar-refractivity contribution in [1.82, 2.24) is 9.78 Å². The van der Waals surface area contributed by atoms with Crippen molar-refractivity contribution in [2.45, 2.75) is 39.7 Å². The topological polar surface area (TPSA) is 17.8 Å². The van der Waals surface area contributed by atoms with Crippen molar-refractivity contribution in [3.8, 4) is 0 Å². The van der Waals surface area contributed by atoms with Crippen molar-refractivity contribution < 1.29 is 0 Å². The van der Waals surface area contributed by atoms with Crippen LogP contribution in [0.25, 0.3) is 0 Å². The van der Waals surface area contributed by atoms with Crippen LogP contribution in [-0.4, -0.2) is 9.78 Å². The molecule has 0 saturated carbocycles. The maximum atomic E-state index is 4.03. The van der Waals surface area contributed by atoms with Gasteiger partial charge < -0.3 is 0 Å². The van der Waals surface area contributed by atoms with Crippen molar-refractivity contribution in [3.05, 3.63) is 40.8 Å². The van der Waals surface area contributed by atoms with E-state index in [1.165, 1.54) is 4.88 Å². The van der Waals surface area contributed by atoms with E-state index in [2.05, 4.69) is 50.3 Å². The van der Waals surface area contributed by atoms with E-state index in [-0.39, 0.29) is 0 Å². The van der Waals surface area contributed by atoms with Crippen LogP contribution in [0.15, 0.2) is 36.0 Å². The van der Waals surface area contributed by atoms with Crippen molar-refractivity contribution in [1.29, 1.82) is 0 Å². The van der Waals surface area contributed by atoms with Gasteiger partial charge in [-0.3, -0.25) is 4.68 Å². The van der Waals surface area contributed by atoms with Gasteiger partial charge in [-0.25, -0.2) is 0 Å². The average Bonchev–Trinajstić information content (AvgIpc) is 2.93. The summed E-state index contributed by atoms with van der Waals surface area (Å²) in [6, 6.07) is 6.69. The fourth-order valence-corrected chi connectivity index (χ4v) is 1.95. The van der Waals surface area contributed by atoms with Gasteiger partial charge in [0.2, 0.25) is 0 Å². The molecular weight excluding hydrogens is 216 g/mol. The summed E-state index contributed by atoms with van der Waals surface area (Å²) in [5.41, 5.74) is 0. The second-order valence-corrected chi connectivity index (χ2v) is 5.23. The van der Waals surface area contributed by atoms with E-state index in [4.69, 9.17) is 0 Å². The molecule has 2 nitrogen and oxygen atoms in total. The first-order valence-electron chi connectivity index (χ1n) is 5.63. The van der Waals surface area contributed by atoms with Gasteiger partial charge in [0.25, 0.3) is 0 Å². The summed E-state index contributed by atoms with van der Waals surface area (Å²) < 4.78 is 1.92. The van der Waals surface area contributed by atoms with Crippen LogP contribution in [0.4, 0.5) is 0 Å². The fourth-order valence-electron chi connectivity index (χ4n) is 1.21. The molecule has 0 spiro atoms. The molecule has 88 valence electrons. The van der Waals surface area contributed by atoms with Crippen LogP contribution in [0.3, 0.4) is 0 Å². The minimum atomic E-state index is 0.491. The van der Waals surface area contributed by atoms with Crippen LogP contribution >= 0.6 is 11.3 Å². The van der Waals surface area contributed by atoms with Gasteiger partial charge in [-0.1, -0.05) is 19.9 Å². The Kier molecular flexibility index (Phi) is 5.26. The van der Waals surface area contributed by atoms with Gasteiger partial charge in [0.05, 0.1) is 0 Å². The fraction of sp³-hybridized carbons (Fsp3) is 0.462. The third-order valence-electron chi connectivity index (χ3n) is 2.17. The highest BCUT2D eigenvalue weighted by atomic mass is 32.1. The minimum Gasteiger partial charge on any atom is -0.270 e. The molecule has 0 amide bonds. The maximum absolute atomic E-state index is 4.03. The Morgan fingerprint density at radius 1 is 1.19 bits per heavy atom. The number of hydrogen-bond acceptors (Lipinski definition) is 2. The van der Waals surface area contributed by atoms with Crippen LogP contribution in [-0.2, 0) is 0 Å². The van der Waals surface area contributed by atoms with Crippen LogP contribution < -0.4 is 0 Å². The Morgan fingerprint density at radius 3 is 2.19 bits per heavy atom. The average molecular weight is 236 g/mol. The summed E-state index contributed by atoms with van der Waals surface area (Å²) >= 11 is 1.83. The van der Waals surface area contributed by atoms with Crippen molar-refractivity contribution in [2.75, 3.05) is 0 Å². The predicted octanol–water partition coefficient (Wildman–Crippen LogP) is 4.34. The summed E-state index contributed by atoms with van der Waals surface area (Å²) in [6.45, 7) is 8.64. The van der Waals surface area contributed by atoms with E-state index < -0.39 is 0 Å². The van der Waals surface area contributed by atoms with Crippen molar-refractivity contribution >= 4 is 11.3 Å². The Bertz CT molecular complexity index is 322. The summed E-state index contributed by atoms with van der Waals surface area (Å²) in [5, 5.41) is 6.15. The highest BCUT2D eigenvalue weighted by Crippen LogP contribution is 2.18. The molecule has 0 atom stereocenters. The zero-order valence-corrected chi connectivity index (χ0v) is 11.2. The molecule has 2 aromatic rings. The summed E-state index contributed by atoms with van der Waals surface area (Å²) in [7, 11) is 0. The first-order valence-corrected chi connectivity index (χ1v) is 6.51. The molecular formula is C13H20N2S. The van der Waals surface area contributed by atoms with Gasteiger partial charge in [0, 0.05) is 23.3 Å². The molecule has 3 heteroatoms. The molecule has 0 aromatic carbocycles. The van der Waals surface area contributed by atoms with Crippen LogP contribution in [0.1, 0.15) is 44.5 Å². The monoisotopic (exact) mass is 236 g/mol. The largest absolute Gasteiger partial charge is 0.270 e. The van der Waals surface area contributed by atoms with Gasteiger partial charge in [-0.2, -0.15) is 5.10 Å². The molecule has 0 fully saturated rings. The second-order valence-electron chi connectivity index (χ2n) is 4.25. The van der Waals surface area contributed by atoms with Gasteiger partial charge in [0.15, 0.2) is 0 Å². The van der Waals surface area contributed by atoms with Crippen LogP contribution in [0.2, 0.25) is 0 Å². The molecule has 2 rings (SSSR count). The lowest BCUT2D eigenvalue weighted by Gasteiger charge is -2.01. The highest BCUT2D eigenvalue weighted by Gasteiger charge is 1.95. The third-order valence-corrected chi connectivity index (χ3v) is 3.34. The van der Waals surface area contributed by atoms with Crippen molar-refractivity contribution in [2.24, 2.45) is 0 Å². The van der Waals surface area contributed by atoms with Crippen LogP contribution in [0.5, 0.6) is 0 Å². The summed E-state index contributed by atoms with van der Waals surface area (Å²) in [6.07, 6.45) is 3.75. The molecule has 0 bridgehead atoms. The van der Waals surface area contributed by atoms with E-state index >= 15 is 0 Å². The summed E-state index contributed by atoms with van der Waals surface area (Å²) in [4.78, 5) is 1.48. The van der Waals surface area contributed by atoms with Gasteiger partial charge in [-0.05, 0) is 37.3 Å². The molecule has 0 aliphatic heterocycles. The summed E-state index contributed by atoms with van der Waals surface area (Å²) in [5.74, 6) is 0.704. The third kappa shape index (κ3) is 4.19. The van der Waals surface area contributed by atoms with Gasteiger partial charge in [0.1, 0.15) is 0 Å². The number of rotatable bonds is 2. The minimum absolute atomic E-state index is 0.491. The number of nitrogens with zero attached hydrogens (tertiary/aromatic N) is 2. The van der Waals surface area contributed by atoms with E-state index in [1.807, 2.05) is 28.3 Å². The molecule has 0 saturated heterocycles. The zero-order chi connectivity index (χ0) is 12.0. The lowest BCUT2D eigenvalue weighted by Crippen LogP contribution is -1.99. The smallest absolute Gasteiger partial charge is 0.0489 e. The Morgan fingerprint density at radius 2 is 1.94 bits per heavy atom. The number of hydrogen-bond donors (Lipinski definition) is 0. The molecule has 0 aliphatic carbocycles. The molecule has 16 heavy (non-hydrogen) atoms. The van der Waals surface area contributed by atoms with Crippen molar-refractivity contribution in [3.63, 3.8) is 0 Å². The molecule has 0 N–H and O–H groups in total. The first-order chi connectivity index (χ1) is 7.61. The first kappa shape index (κ1) is 13.0.